The van der Waals surface area contributed by atoms with E-state index in [4.69, 9.17) is 11.6 Å². The van der Waals surface area contributed by atoms with E-state index in [0.29, 0.717) is 5.88 Å². The van der Waals surface area contributed by atoms with E-state index in [-0.39, 0.29) is 0 Å². The average Bonchev–Trinajstić information content (AvgIpc) is 2.45. The number of alkyl halides is 1. The van der Waals surface area contributed by atoms with Gasteiger partial charge in [0.25, 0.3) is 0 Å². The minimum atomic E-state index is 0.605. The standard InChI is InChI=1S/C15H20ClN3/c1-3-4-10-19(11-9-16)15-14-8-6-5-7-13(14)12(2)17-18-15/h5-8H,3-4,9-11H2,1-2H3. The van der Waals surface area contributed by atoms with Crippen LogP contribution in [0.2, 0.25) is 0 Å². The zero-order valence-electron chi connectivity index (χ0n) is 11.6. The molecular formula is C15H20ClN3. The molecule has 2 rings (SSSR count). The maximum Gasteiger partial charge on any atom is 0.159 e. The minimum Gasteiger partial charge on any atom is -0.353 e. The predicted octanol–water partition coefficient (Wildman–Crippen LogP) is 3.78. The van der Waals surface area contributed by atoms with Crippen LogP contribution in [-0.4, -0.2) is 29.2 Å². The minimum absolute atomic E-state index is 0.605. The average molecular weight is 278 g/mol. The molecule has 4 heteroatoms. The molecular weight excluding hydrogens is 258 g/mol. The van der Waals surface area contributed by atoms with Crippen molar-refractivity contribution in [2.75, 3.05) is 23.9 Å². The largest absolute Gasteiger partial charge is 0.353 e. The molecule has 0 aliphatic rings. The van der Waals surface area contributed by atoms with Gasteiger partial charge in [-0.1, -0.05) is 37.6 Å². The van der Waals surface area contributed by atoms with Crippen molar-refractivity contribution >= 4 is 28.2 Å². The second kappa shape index (κ2) is 6.71. The normalized spacial score (nSPS) is 10.9. The second-order valence-electron chi connectivity index (χ2n) is 4.68. The van der Waals surface area contributed by atoms with Crippen molar-refractivity contribution in [2.24, 2.45) is 0 Å². The Hall–Kier alpha value is -1.35. The zero-order valence-corrected chi connectivity index (χ0v) is 12.3. The molecule has 0 aliphatic heterocycles. The molecule has 0 unspecified atom stereocenters. The van der Waals surface area contributed by atoms with Crippen LogP contribution < -0.4 is 4.90 Å². The lowest BCUT2D eigenvalue weighted by Gasteiger charge is -2.23. The third-order valence-electron chi connectivity index (χ3n) is 3.29. The van der Waals surface area contributed by atoms with E-state index < -0.39 is 0 Å². The SMILES string of the molecule is CCCCN(CCCl)c1nnc(C)c2ccccc12. The Kier molecular flexibility index (Phi) is 4.97. The summed E-state index contributed by atoms with van der Waals surface area (Å²) in [6.45, 7) is 5.98. The smallest absolute Gasteiger partial charge is 0.159 e. The molecule has 0 fully saturated rings. The van der Waals surface area contributed by atoms with Gasteiger partial charge in [-0.05, 0) is 13.3 Å². The van der Waals surface area contributed by atoms with Gasteiger partial charge in [-0.25, -0.2) is 0 Å². The lowest BCUT2D eigenvalue weighted by molar-refractivity contribution is 0.721. The van der Waals surface area contributed by atoms with Gasteiger partial charge in [0, 0.05) is 29.7 Å². The van der Waals surface area contributed by atoms with E-state index in [1.54, 1.807) is 0 Å². The molecule has 0 amide bonds. The third-order valence-corrected chi connectivity index (χ3v) is 3.46. The van der Waals surface area contributed by atoms with Crippen molar-refractivity contribution < 1.29 is 0 Å². The fraction of sp³-hybridized carbons (Fsp3) is 0.467. The van der Waals surface area contributed by atoms with Gasteiger partial charge in [0.15, 0.2) is 5.82 Å². The maximum atomic E-state index is 5.92. The first kappa shape index (κ1) is 14.1. The van der Waals surface area contributed by atoms with Gasteiger partial charge in [0.2, 0.25) is 0 Å². The van der Waals surface area contributed by atoms with Crippen molar-refractivity contribution in [3.8, 4) is 0 Å². The Bertz CT molecular complexity index is 542. The molecule has 102 valence electrons. The number of aryl methyl sites for hydroxylation is 1. The number of aromatic nitrogens is 2. The van der Waals surface area contributed by atoms with Crippen LogP contribution in [0.15, 0.2) is 24.3 Å². The Balaban J connectivity index is 2.44. The topological polar surface area (TPSA) is 29.0 Å². The van der Waals surface area contributed by atoms with Crippen LogP contribution >= 0.6 is 11.6 Å². The summed E-state index contributed by atoms with van der Waals surface area (Å²) in [4.78, 5) is 2.24. The molecule has 0 N–H and O–H groups in total. The third kappa shape index (κ3) is 3.16. The van der Waals surface area contributed by atoms with Crippen molar-refractivity contribution in [1.82, 2.24) is 10.2 Å². The molecule has 0 aliphatic carbocycles. The molecule has 0 saturated carbocycles. The number of unbranched alkanes of at least 4 members (excludes halogenated alkanes) is 1. The van der Waals surface area contributed by atoms with Crippen LogP contribution in [0, 0.1) is 6.92 Å². The summed E-state index contributed by atoms with van der Waals surface area (Å²) in [5.74, 6) is 1.56. The highest BCUT2D eigenvalue weighted by Gasteiger charge is 2.12. The van der Waals surface area contributed by atoms with Crippen LogP contribution in [0.1, 0.15) is 25.5 Å². The van der Waals surface area contributed by atoms with Gasteiger partial charge in [0.1, 0.15) is 0 Å². The zero-order chi connectivity index (χ0) is 13.7. The van der Waals surface area contributed by atoms with Gasteiger partial charge in [-0.15, -0.1) is 16.7 Å². The molecule has 3 nitrogen and oxygen atoms in total. The van der Waals surface area contributed by atoms with Crippen molar-refractivity contribution in [1.29, 1.82) is 0 Å². The highest BCUT2D eigenvalue weighted by Crippen LogP contribution is 2.25. The molecule has 0 atom stereocenters. The van der Waals surface area contributed by atoms with Gasteiger partial charge >= 0.3 is 0 Å². The Morgan fingerprint density at radius 2 is 1.84 bits per heavy atom. The molecule has 1 heterocycles. The van der Waals surface area contributed by atoms with Gasteiger partial charge in [-0.3, -0.25) is 0 Å². The van der Waals surface area contributed by atoms with E-state index in [1.807, 2.05) is 19.1 Å². The summed E-state index contributed by atoms with van der Waals surface area (Å²) in [7, 11) is 0. The lowest BCUT2D eigenvalue weighted by Crippen LogP contribution is -2.28. The Morgan fingerprint density at radius 1 is 1.11 bits per heavy atom. The van der Waals surface area contributed by atoms with E-state index in [9.17, 15) is 0 Å². The summed E-state index contributed by atoms with van der Waals surface area (Å²) in [5, 5.41) is 11.0. The van der Waals surface area contributed by atoms with Crippen LogP contribution in [0.25, 0.3) is 10.8 Å². The van der Waals surface area contributed by atoms with E-state index in [2.05, 4.69) is 34.2 Å². The Morgan fingerprint density at radius 3 is 2.53 bits per heavy atom. The summed E-state index contributed by atoms with van der Waals surface area (Å²) in [6.07, 6.45) is 2.30. The molecule has 1 aromatic heterocycles. The first-order valence-electron chi connectivity index (χ1n) is 6.80. The molecule has 19 heavy (non-hydrogen) atoms. The number of hydrogen-bond donors (Lipinski definition) is 0. The summed E-state index contributed by atoms with van der Waals surface area (Å²) >= 11 is 5.92. The first-order valence-corrected chi connectivity index (χ1v) is 7.34. The maximum absolute atomic E-state index is 5.92. The first-order chi connectivity index (χ1) is 9.27. The van der Waals surface area contributed by atoms with Crippen LogP contribution in [-0.2, 0) is 0 Å². The van der Waals surface area contributed by atoms with Gasteiger partial charge < -0.3 is 4.90 Å². The van der Waals surface area contributed by atoms with Crippen molar-refractivity contribution in [3.05, 3.63) is 30.0 Å². The monoisotopic (exact) mass is 277 g/mol. The quantitative estimate of drug-likeness (QED) is 0.753. The van der Waals surface area contributed by atoms with E-state index >= 15 is 0 Å². The fourth-order valence-electron chi connectivity index (χ4n) is 2.23. The van der Waals surface area contributed by atoms with Gasteiger partial charge in [0.05, 0.1) is 5.69 Å². The van der Waals surface area contributed by atoms with Crippen LogP contribution in [0.5, 0.6) is 0 Å². The lowest BCUT2D eigenvalue weighted by atomic mass is 10.1. The van der Waals surface area contributed by atoms with E-state index in [0.717, 1.165) is 42.8 Å². The second-order valence-corrected chi connectivity index (χ2v) is 5.06. The number of hydrogen-bond acceptors (Lipinski definition) is 3. The molecule has 2 aromatic rings. The molecule has 0 radical (unpaired) electrons. The summed E-state index contributed by atoms with van der Waals surface area (Å²) < 4.78 is 0. The number of nitrogens with zero attached hydrogens (tertiary/aromatic N) is 3. The highest BCUT2D eigenvalue weighted by atomic mass is 35.5. The van der Waals surface area contributed by atoms with Crippen molar-refractivity contribution in [2.45, 2.75) is 26.7 Å². The molecule has 1 aromatic carbocycles. The Labute approximate surface area is 119 Å². The van der Waals surface area contributed by atoms with Crippen LogP contribution in [0.3, 0.4) is 0 Å². The number of fused-ring (bicyclic) bond motifs is 1. The van der Waals surface area contributed by atoms with Crippen molar-refractivity contribution in [3.63, 3.8) is 0 Å². The number of halogens is 1. The summed E-state index contributed by atoms with van der Waals surface area (Å²) in [5.41, 5.74) is 0.973. The molecule has 0 spiro atoms. The highest BCUT2D eigenvalue weighted by molar-refractivity contribution is 6.18. The number of rotatable bonds is 6. The number of anilines is 1. The molecule has 0 saturated heterocycles. The van der Waals surface area contributed by atoms with E-state index in [1.165, 1.54) is 5.39 Å². The summed E-state index contributed by atoms with van der Waals surface area (Å²) in [6, 6.07) is 8.30. The van der Waals surface area contributed by atoms with Gasteiger partial charge in [-0.2, -0.15) is 5.10 Å². The number of benzene rings is 1. The fourth-order valence-corrected chi connectivity index (χ4v) is 2.44. The molecule has 0 bridgehead atoms. The predicted molar refractivity (Wildman–Crippen MR) is 82.1 cm³/mol. The van der Waals surface area contributed by atoms with Crippen LogP contribution in [0.4, 0.5) is 5.82 Å².